The van der Waals surface area contributed by atoms with Gasteiger partial charge in [-0.1, -0.05) is 29.8 Å². The lowest BCUT2D eigenvalue weighted by atomic mass is 10.1. The number of carbonyl (C=O) groups is 1. The Hall–Kier alpha value is -1.96. The average molecular weight is 211 g/mol. The van der Waals surface area contributed by atoms with Gasteiger partial charge in [0.05, 0.1) is 5.52 Å². The molecular weight excluding hydrogens is 198 g/mol. The molecule has 0 aliphatic carbocycles. The molecule has 1 aromatic carbocycles. The van der Waals surface area contributed by atoms with Crippen molar-refractivity contribution >= 4 is 16.7 Å². The summed E-state index contributed by atoms with van der Waals surface area (Å²) in [5.41, 5.74) is 2.34. The smallest absolute Gasteiger partial charge is 0.204 e. The van der Waals surface area contributed by atoms with E-state index >= 15 is 0 Å². The fourth-order valence-electron chi connectivity index (χ4n) is 1.54. The summed E-state index contributed by atoms with van der Waals surface area (Å²) >= 11 is 0. The molecule has 0 bridgehead atoms. The van der Waals surface area contributed by atoms with Gasteiger partial charge in [-0.15, -0.1) is 0 Å². The summed E-state index contributed by atoms with van der Waals surface area (Å²) in [6.45, 7) is 3.80. The van der Waals surface area contributed by atoms with E-state index in [0.29, 0.717) is 5.69 Å². The van der Waals surface area contributed by atoms with Crippen LogP contribution < -0.4 is 0 Å². The van der Waals surface area contributed by atoms with Gasteiger partial charge in [0, 0.05) is 5.39 Å². The molecule has 0 aliphatic rings. The standard InChI is InChI=1S/C14H13NO/c1-10(2)9-14(16)13-8-7-11-5-3-4-6-12(11)15-13/h3-9H,1-2H3. The van der Waals surface area contributed by atoms with Crippen LogP contribution in [0.1, 0.15) is 24.3 Å². The zero-order chi connectivity index (χ0) is 11.5. The molecule has 0 N–H and O–H groups in total. The molecule has 0 radical (unpaired) electrons. The second-order valence-corrected chi connectivity index (χ2v) is 3.98. The Kier molecular flexibility index (Phi) is 2.82. The first-order valence-electron chi connectivity index (χ1n) is 5.22. The van der Waals surface area contributed by atoms with Crippen LogP contribution in [0.5, 0.6) is 0 Å². The largest absolute Gasteiger partial charge is 0.288 e. The van der Waals surface area contributed by atoms with Crippen molar-refractivity contribution < 1.29 is 4.79 Å². The number of ketones is 1. The van der Waals surface area contributed by atoms with Gasteiger partial charge >= 0.3 is 0 Å². The van der Waals surface area contributed by atoms with Crippen LogP contribution in [0.3, 0.4) is 0 Å². The number of pyridine rings is 1. The van der Waals surface area contributed by atoms with E-state index in [2.05, 4.69) is 4.98 Å². The predicted molar refractivity (Wildman–Crippen MR) is 65.5 cm³/mol. The van der Waals surface area contributed by atoms with Crippen molar-refractivity contribution in [3.05, 3.63) is 53.7 Å². The molecule has 2 nitrogen and oxygen atoms in total. The van der Waals surface area contributed by atoms with Crippen LogP contribution in [-0.4, -0.2) is 10.8 Å². The summed E-state index contributed by atoms with van der Waals surface area (Å²) in [4.78, 5) is 16.1. The third-order valence-corrected chi connectivity index (χ3v) is 2.27. The highest BCUT2D eigenvalue weighted by Crippen LogP contribution is 2.12. The second-order valence-electron chi connectivity index (χ2n) is 3.98. The van der Waals surface area contributed by atoms with Gasteiger partial charge in [0.1, 0.15) is 5.69 Å². The van der Waals surface area contributed by atoms with Crippen molar-refractivity contribution in [2.24, 2.45) is 0 Å². The maximum absolute atomic E-state index is 11.8. The Morgan fingerprint density at radius 1 is 1.12 bits per heavy atom. The lowest BCUT2D eigenvalue weighted by Crippen LogP contribution is -1.98. The van der Waals surface area contributed by atoms with Crippen molar-refractivity contribution in [2.75, 3.05) is 0 Å². The molecule has 0 spiro atoms. The van der Waals surface area contributed by atoms with Gasteiger partial charge in [-0.3, -0.25) is 4.79 Å². The molecule has 2 heteroatoms. The summed E-state index contributed by atoms with van der Waals surface area (Å²) in [7, 11) is 0. The predicted octanol–water partition coefficient (Wildman–Crippen LogP) is 3.38. The SMILES string of the molecule is CC(C)=CC(=O)c1ccc2ccccc2n1. The third kappa shape index (κ3) is 2.16. The summed E-state index contributed by atoms with van der Waals surface area (Å²) < 4.78 is 0. The molecule has 0 atom stereocenters. The quantitative estimate of drug-likeness (QED) is 0.563. The van der Waals surface area contributed by atoms with E-state index in [1.54, 1.807) is 12.1 Å². The van der Waals surface area contributed by atoms with Gasteiger partial charge in [-0.2, -0.15) is 0 Å². The van der Waals surface area contributed by atoms with Crippen molar-refractivity contribution in [2.45, 2.75) is 13.8 Å². The topological polar surface area (TPSA) is 30.0 Å². The van der Waals surface area contributed by atoms with E-state index in [1.807, 2.05) is 44.2 Å². The number of nitrogens with zero attached hydrogens (tertiary/aromatic N) is 1. The number of allylic oxidation sites excluding steroid dienone is 2. The lowest BCUT2D eigenvalue weighted by molar-refractivity contribution is 0.104. The number of hydrogen-bond acceptors (Lipinski definition) is 2. The van der Waals surface area contributed by atoms with Crippen molar-refractivity contribution in [3.8, 4) is 0 Å². The number of hydrogen-bond donors (Lipinski definition) is 0. The van der Waals surface area contributed by atoms with Crippen LogP contribution in [0.25, 0.3) is 10.9 Å². The van der Waals surface area contributed by atoms with Crippen molar-refractivity contribution in [1.29, 1.82) is 0 Å². The summed E-state index contributed by atoms with van der Waals surface area (Å²) in [5.74, 6) is -0.0363. The van der Waals surface area contributed by atoms with Crippen LogP contribution in [0.15, 0.2) is 48.0 Å². The van der Waals surface area contributed by atoms with E-state index in [0.717, 1.165) is 16.5 Å². The van der Waals surface area contributed by atoms with Crippen LogP contribution in [0.2, 0.25) is 0 Å². The molecule has 1 heterocycles. The molecular formula is C14H13NO. The molecule has 0 saturated carbocycles. The third-order valence-electron chi connectivity index (χ3n) is 2.27. The molecule has 80 valence electrons. The minimum atomic E-state index is -0.0363. The monoisotopic (exact) mass is 211 g/mol. The summed E-state index contributed by atoms with van der Waals surface area (Å²) in [6, 6.07) is 11.5. The minimum Gasteiger partial charge on any atom is -0.288 e. The van der Waals surface area contributed by atoms with Gasteiger partial charge in [0.15, 0.2) is 0 Å². The fraction of sp³-hybridized carbons (Fsp3) is 0.143. The lowest BCUT2D eigenvalue weighted by Gasteiger charge is -1.99. The molecule has 1 aromatic heterocycles. The molecule has 0 aliphatic heterocycles. The molecule has 16 heavy (non-hydrogen) atoms. The second kappa shape index (κ2) is 4.27. The number of fused-ring (bicyclic) bond motifs is 1. The Balaban J connectivity index is 2.47. The van der Waals surface area contributed by atoms with Gasteiger partial charge < -0.3 is 0 Å². The van der Waals surface area contributed by atoms with E-state index in [9.17, 15) is 4.79 Å². The normalized spacial score (nSPS) is 10.1. The maximum atomic E-state index is 11.8. The first-order valence-corrected chi connectivity index (χ1v) is 5.22. The van der Waals surface area contributed by atoms with Gasteiger partial charge in [0.25, 0.3) is 0 Å². The Bertz CT molecular complexity index is 566. The zero-order valence-electron chi connectivity index (χ0n) is 9.40. The molecule has 0 unspecified atom stereocenters. The van der Waals surface area contributed by atoms with Gasteiger partial charge in [-0.05, 0) is 32.1 Å². The van der Waals surface area contributed by atoms with Crippen molar-refractivity contribution in [1.82, 2.24) is 4.98 Å². The van der Waals surface area contributed by atoms with Crippen LogP contribution in [-0.2, 0) is 0 Å². The van der Waals surface area contributed by atoms with Crippen LogP contribution in [0, 0.1) is 0 Å². The molecule has 0 amide bonds. The molecule has 0 fully saturated rings. The number of aromatic nitrogens is 1. The highest BCUT2D eigenvalue weighted by molar-refractivity contribution is 6.04. The Morgan fingerprint density at radius 2 is 1.88 bits per heavy atom. The summed E-state index contributed by atoms with van der Waals surface area (Å²) in [6.07, 6.45) is 1.61. The average Bonchev–Trinajstić information content (AvgIpc) is 2.27. The van der Waals surface area contributed by atoms with Gasteiger partial charge in [0.2, 0.25) is 5.78 Å². The Labute approximate surface area is 94.6 Å². The zero-order valence-corrected chi connectivity index (χ0v) is 9.40. The van der Waals surface area contributed by atoms with E-state index in [-0.39, 0.29) is 5.78 Å². The first-order chi connectivity index (χ1) is 7.66. The maximum Gasteiger partial charge on any atom is 0.204 e. The number of benzene rings is 1. The highest BCUT2D eigenvalue weighted by Gasteiger charge is 2.04. The highest BCUT2D eigenvalue weighted by atomic mass is 16.1. The van der Waals surface area contributed by atoms with Crippen LogP contribution >= 0.6 is 0 Å². The fourth-order valence-corrected chi connectivity index (χ4v) is 1.54. The first kappa shape index (κ1) is 10.6. The Morgan fingerprint density at radius 3 is 2.62 bits per heavy atom. The minimum absolute atomic E-state index is 0.0363. The molecule has 2 aromatic rings. The van der Waals surface area contributed by atoms with Crippen molar-refractivity contribution in [3.63, 3.8) is 0 Å². The van der Waals surface area contributed by atoms with Crippen LogP contribution in [0.4, 0.5) is 0 Å². The van der Waals surface area contributed by atoms with Gasteiger partial charge in [-0.25, -0.2) is 4.98 Å². The molecule has 2 rings (SSSR count). The molecule has 0 saturated heterocycles. The van der Waals surface area contributed by atoms with E-state index < -0.39 is 0 Å². The number of carbonyl (C=O) groups excluding carboxylic acids is 1. The number of rotatable bonds is 2. The van der Waals surface area contributed by atoms with E-state index in [1.165, 1.54) is 0 Å². The summed E-state index contributed by atoms with van der Waals surface area (Å²) in [5, 5.41) is 1.05. The van der Waals surface area contributed by atoms with E-state index in [4.69, 9.17) is 0 Å². The number of para-hydroxylation sites is 1.